The first-order chi connectivity index (χ1) is 9.71. The molecule has 4 heteroatoms. The quantitative estimate of drug-likeness (QED) is 0.811. The van der Waals surface area contributed by atoms with Crippen LogP contribution in [-0.2, 0) is 15.0 Å². The SMILES string of the molecule is CCCC(C)(NC(=O)CC(C)(C)c1ccccc1)C(=O)O. The summed E-state index contributed by atoms with van der Waals surface area (Å²) >= 11 is 0. The van der Waals surface area contributed by atoms with Gasteiger partial charge in [0.25, 0.3) is 0 Å². The van der Waals surface area contributed by atoms with Crippen LogP contribution in [0.25, 0.3) is 0 Å². The average Bonchev–Trinajstić information content (AvgIpc) is 2.39. The lowest BCUT2D eigenvalue weighted by Gasteiger charge is -2.29. The van der Waals surface area contributed by atoms with Crippen molar-refractivity contribution < 1.29 is 14.7 Å². The van der Waals surface area contributed by atoms with Crippen LogP contribution < -0.4 is 5.32 Å². The number of nitrogens with one attached hydrogen (secondary N) is 1. The highest BCUT2D eigenvalue weighted by Gasteiger charge is 2.35. The minimum Gasteiger partial charge on any atom is -0.480 e. The Balaban J connectivity index is 2.79. The molecule has 1 unspecified atom stereocenters. The number of carboxylic acid groups (broad SMARTS) is 1. The third kappa shape index (κ3) is 4.59. The molecular weight excluding hydrogens is 266 g/mol. The Morgan fingerprint density at radius 2 is 1.71 bits per heavy atom. The Morgan fingerprint density at radius 1 is 1.14 bits per heavy atom. The molecule has 0 radical (unpaired) electrons. The third-order valence-corrected chi connectivity index (χ3v) is 3.80. The molecule has 21 heavy (non-hydrogen) atoms. The number of hydrogen-bond acceptors (Lipinski definition) is 2. The first-order valence-corrected chi connectivity index (χ1v) is 7.31. The number of aliphatic carboxylic acids is 1. The minimum atomic E-state index is -1.20. The van der Waals surface area contributed by atoms with E-state index in [9.17, 15) is 14.7 Å². The van der Waals surface area contributed by atoms with Crippen LogP contribution in [0.4, 0.5) is 0 Å². The predicted octanol–water partition coefficient (Wildman–Crippen LogP) is 3.11. The van der Waals surface area contributed by atoms with Crippen LogP contribution in [0.2, 0.25) is 0 Å². The minimum absolute atomic E-state index is 0.234. The zero-order valence-electron chi connectivity index (χ0n) is 13.3. The van der Waals surface area contributed by atoms with Crippen LogP contribution in [0.15, 0.2) is 30.3 Å². The summed E-state index contributed by atoms with van der Waals surface area (Å²) in [5.74, 6) is -1.22. The Kier molecular flexibility index (Phi) is 5.53. The second-order valence-corrected chi connectivity index (χ2v) is 6.36. The molecule has 1 rings (SSSR count). The van der Waals surface area contributed by atoms with E-state index in [1.54, 1.807) is 6.92 Å². The highest BCUT2D eigenvalue weighted by molar-refractivity contribution is 5.87. The highest BCUT2D eigenvalue weighted by Crippen LogP contribution is 2.27. The average molecular weight is 291 g/mol. The van der Waals surface area contributed by atoms with Crippen LogP contribution in [0, 0.1) is 0 Å². The first kappa shape index (κ1) is 17.2. The smallest absolute Gasteiger partial charge is 0.329 e. The number of benzene rings is 1. The van der Waals surface area contributed by atoms with Crippen molar-refractivity contribution >= 4 is 11.9 Å². The van der Waals surface area contributed by atoms with Gasteiger partial charge in [0, 0.05) is 6.42 Å². The van der Waals surface area contributed by atoms with Crippen molar-refractivity contribution in [2.45, 2.75) is 57.9 Å². The summed E-state index contributed by atoms with van der Waals surface area (Å²) in [6.45, 7) is 7.44. The van der Waals surface area contributed by atoms with Gasteiger partial charge in [-0.3, -0.25) is 4.79 Å². The molecule has 4 nitrogen and oxygen atoms in total. The van der Waals surface area contributed by atoms with E-state index in [0.717, 1.165) is 5.56 Å². The second kappa shape index (κ2) is 6.74. The third-order valence-electron chi connectivity index (χ3n) is 3.80. The van der Waals surface area contributed by atoms with Gasteiger partial charge in [-0.25, -0.2) is 4.79 Å². The van der Waals surface area contributed by atoms with Gasteiger partial charge in [0.2, 0.25) is 5.91 Å². The van der Waals surface area contributed by atoms with E-state index in [1.807, 2.05) is 51.1 Å². The Bertz CT molecular complexity index is 496. The van der Waals surface area contributed by atoms with Crippen LogP contribution in [0.1, 0.15) is 52.5 Å². The molecule has 0 aliphatic carbocycles. The van der Waals surface area contributed by atoms with Crippen LogP contribution >= 0.6 is 0 Å². The fourth-order valence-electron chi connectivity index (χ4n) is 2.47. The number of amides is 1. The lowest BCUT2D eigenvalue weighted by atomic mass is 9.81. The Morgan fingerprint density at radius 3 is 2.19 bits per heavy atom. The van der Waals surface area contributed by atoms with E-state index in [-0.39, 0.29) is 17.7 Å². The van der Waals surface area contributed by atoms with Crippen LogP contribution in [0.5, 0.6) is 0 Å². The normalized spacial score (nSPS) is 14.3. The van der Waals surface area contributed by atoms with Gasteiger partial charge in [0.1, 0.15) is 5.54 Å². The molecular formula is C17H25NO3. The van der Waals surface area contributed by atoms with Crippen LogP contribution in [-0.4, -0.2) is 22.5 Å². The molecule has 0 spiro atoms. The van der Waals surface area contributed by atoms with E-state index >= 15 is 0 Å². The molecule has 0 saturated heterocycles. The summed E-state index contributed by atoms with van der Waals surface area (Å²) in [7, 11) is 0. The van der Waals surface area contributed by atoms with Gasteiger partial charge in [-0.1, -0.05) is 57.5 Å². The van der Waals surface area contributed by atoms with Crippen LogP contribution in [0.3, 0.4) is 0 Å². The second-order valence-electron chi connectivity index (χ2n) is 6.36. The summed E-state index contributed by atoms with van der Waals surface area (Å²) in [6.07, 6.45) is 1.37. The molecule has 0 aliphatic heterocycles. The molecule has 0 aromatic heterocycles. The number of carboxylic acids is 1. The van der Waals surface area contributed by atoms with E-state index < -0.39 is 11.5 Å². The molecule has 0 aliphatic rings. The van der Waals surface area contributed by atoms with E-state index in [4.69, 9.17) is 0 Å². The Hall–Kier alpha value is -1.84. The molecule has 0 heterocycles. The van der Waals surface area contributed by atoms with Crippen molar-refractivity contribution in [2.24, 2.45) is 0 Å². The van der Waals surface area contributed by atoms with E-state index in [1.165, 1.54) is 0 Å². The lowest BCUT2D eigenvalue weighted by molar-refractivity contribution is -0.147. The molecule has 1 atom stereocenters. The van der Waals surface area contributed by atoms with Crippen molar-refractivity contribution in [2.75, 3.05) is 0 Å². The number of rotatable bonds is 7. The van der Waals surface area contributed by atoms with Crippen molar-refractivity contribution in [3.63, 3.8) is 0 Å². The van der Waals surface area contributed by atoms with Crippen molar-refractivity contribution in [3.8, 4) is 0 Å². The summed E-state index contributed by atoms with van der Waals surface area (Å²) in [6, 6.07) is 9.77. The molecule has 0 saturated carbocycles. The van der Waals surface area contributed by atoms with E-state index in [0.29, 0.717) is 12.8 Å². The molecule has 1 aromatic carbocycles. The molecule has 1 aromatic rings. The molecule has 2 N–H and O–H groups in total. The van der Waals surface area contributed by atoms with Gasteiger partial charge < -0.3 is 10.4 Å². The number of carbonyl (C=O) groups is 2. The monoisotopic (exact) mass is 291 g/mol. The highest BCUT2D eigenvalue weighted by atomic mass is 16.4. The maximum absolute atomic E-state index is 12.3. The standard InChI is InChI=1S/C17H25NO3/c1-5-11-17(4,15(20)21)18-14(19)12-16(2,3)13-9-7-6-8-10-13/h6-10H,5,11-12H2,1-4H3,(H,18,19)(H,20,21). The number of carbonyl (C=O) groups excluding carboxylic acids is 1. The topological polar surface area (TPSA) is 66.4 Å². The summed E-state index contributed by atoms with van der Waals surface area (Å²) < 4.78 is 0. The summed E-state index contributed by atoms with van der Waals surface area (Å²) in [5, 5.41) is 12.0. The van der Waals surface area contributed by atoms with Crippen molar-refractivity contribution in [1.82, 2.24) is 5.32 Å². The van der Waals surface area contributed by atoms with Gasteiger partial charge in [0.15, 0.2) is 0 Å². The fraction of sp³-hybridized carbons (Fsp3) is 0.529. The zero-order chi connectivity index (χ0) is 16.1. The predicted molar refractivity (Wildman–Crippen MR) is 83.2 cm³/mol. The lowest BCUT2D eigenvalue weighted by Crippen LogP contribution is -2.53. The number of hydrogen-bond donors (Lipinski definition) is 2. The van der Waals surface area contributed by atoms with Crippen molar-refractivity contribution in [1.29, 1.82) is 0 Å². The maximum atomic E-state index is 12.3. The summed E-state index contributed by atoms with van der Waals surface area (Å²) in [5.41, 5.74) is -0.470. The van der Waals surface area contributed by atoms with E-state index in [2.05, 4.69) is 5.32 Å². The Labute approximate surface area is 126 Å². The first-order valence-electron chi connectivity index (χ1n) is 7.31. The largest absolute Gasteiger partial charge is 0.480 e. The molecule has 1 amide bonds. The van der Waals surface area contributed by atoms with Gasteiger partial charge in [-0.05, 0) is 24.3 Å². The maximum Gasteiger partial charge on any atom is 0.329 e. The van der Waals surface area contributed by atoms with Gasteiger partial charge >= 0.3 is 5.97 Å². The summed E-state index contributed by atoms with van der Waals surface area (Å²) in [4.78, 5) is 23.6. The van der Waals surface area contributed by atoms with Gasteiger partial charge in [-0.15, -0.1) is 0 Å². The fourth-order valence-corrected chi connectivity index (χ4v) is 2.47. The molecule has 116 valence electrons. The van der Waals surface area contributed by atoms with Gasteiger partial charge in [0.05, 0.1) is 0 Å². The van der Waals surface area contributed by atoms with Gasteiger partial charge in [-0.2, -0.15) is 0 Å². The molecule has 0 fully saturated rings. The van der Waals surface area contributed by atoms with Crippen molar-refractivity contribution in [3.05, 3.63) is 35.9 Å². The molecule has 0 bridgehead atoms. The zero-order valence-corrected chi connectivity index (χ0v) is 13.3.